The zero-order valence-corrected chi connectivity index (χ0v) is 45.0. The molecular weight excluding hydrogens is 1120 g/mol. The molecule has 21 nitrogen and oxygen atoms in total. The summed E-state index contributed by atoms with van der Waals surface area (Å²) in [5.74, 6) is -2.29. The van der Waals surface area contributed by atoms with E-state index in [-0.39, 0.29) is 70.1 Å². The van der Waals surface area contributed by atoms with Crippen LogP contribution in [0.3, 0.4) is 0 Å². The number of benzene rings is 6. The summed E-state index contributed by atoms with van der Waals surface area (Å²) in [6, 6.07) is 51.3. The number of carbonyl (C=O) groups excluding carboxylic acids is 3. The molecule has 2 aliphatic heterocycles. The molecule has 6 aromatic rings. The molecule has 2 heterocycles. The molecule has 2 fully saturated rings. The van der Waals surface area contributed by atoms with Crippen molar-refractivity contribution in [2.24, 2.45) is 10.7 Å². The second-order valence-electron chi connectivity index (χ2n) is 17.4. The van der Waals surface area contributed by atoms with E-state index >= 15 is 0 Å². The number of hydrogen-bond donors (Lipinski definition) is 6. The van der Waals surface area contributed by atoms with Gasteiger partial charge in [-0.3, -0.25) is 29.2 Å². The Morgan fingerprint density at radius 2 is 1.02 bits per heavy atom. The fourth-order valence-corrected chi connectivity index (χ4v) is 8.10. The van der Waals surface area contributed by atoms with E-state index in [9.17, 15) is 29.1 Å². The van der Waals surface area contributed by atoms with Gasteiger partial charge in [0.25, 0.3) is 10.2 Å². The molecule has 0 bridgehead atoms. The topological polar surface area (TPSA) is 324 Å². The summed E-state index contributed by atoms with van der Waals surface area (Å²) in [7, 11) is 0. The number of rotatable bonds is 15. The van der Waals surface area contributed by atoms with Crippen LogP contribution in [0.25, 0.3) is 5.32 Å². The monoisotopic (exact) mass is 1190 g/mol. The average Bonchev–Trinajstić information content (AvgIpc) is 4.09. The van der Waals surface area contributed by atoms with Crippen LogP contribution >= 0.6 is 0 Å². The third kappa shape index (κ3) is 23.8. The van der Waals surface area contributed by atoms with Gasteiger partial charge >= 0.3 is 28.4 Å². The molecule has 23 heteroatoms. The summed E-state index contributed by atoms with van der Waals surface area (Å²) in [6.07, 6.45) is 3.54. The van der Waals surface area contributed by atoms with E-state index in [1.165, 1.54) is 25.0 Å². The number of nitrogens with two attached hydrogens (primary N) is 1. The standard InChI is InChI=1S/C28H29N3O3.C25H24N2O2.C3H7NO2.CH4.2HNO3.2Ni/c1-20(28(33)34)29-26(22-13-6-3-7-14-22)23-15-8-9-16-24(23)30-27(32)25-17-10-18-31(25)19-21-11-4-2-5-12-21;28-24(20-12-5-2-6-13-20)21-14-7-8-15-22(21)26-25(29)23-16-9-17-27(23)18-19-10-3-1-4-11-19;1-2(4)3(5)6;;2*2-1(3)4;;/h2-9,11-16,20,25H,10,17-19H2,1H3,(H2,29,30,32,33,34);1-8,10-15,23H,9,16-18H2,(H,26,29);2H,4H2,1H3,(H,5,6);1H4;2*(H,2,3,4);;/q;;;;;;;+2/p-1/t20-,25-;23-;2-;;;;;/m000...../s1. The van der Waals surface area contributed by atoms with Gasteiger partial charge in [0.1, 0.15) is 12.1 Å². The molecule has 0 saturated carbocycles. The minimum atomic E-state index is -1.50. The number of anilines is 1. The van der Waals surface area contributed by atoms with Crippen molar-refractivity contribution in [3.8, 4) is 0 Å². The number of aliphatic imine (C=N–C) groups is 1. The summed E-state index contributed by atoms with van der Waals surface area (Å²) in [5, 5.41) is 52.1. The molecule has 4 atom stereocenters. The van der Waals surface area contributed by atoms with Gasteiger partial charge in [0.15, 0.2) is 5.78 Å². The van der Waals surface area contributed by atoms with Crippen LogP contribution in [0.4, 0.5) is 11.4 Å². The maximum Gasteiger partial charge on any atom is 2.00 e. The largest absolute Gasteiger partial charge is 2.00 e. The molecule has 0 unspecified atom stereocenters. The van der Waals surface area contributed by atoms with Gasteiger partial charge in [0, 0.05) is 46.3 Å². The van der Waals surface area contributed by atoms with Crippen molar-refractivity contribution in [3.63, 3.8) is 0 Å². The van der Waals surface area contributed by atoms with Crippen LogP contribution in [-0.2, 0) is 65.3 Å². The number of amides is 2. The SMILES string of the molecule is C.C[C@H](N)C(=O)O.C[C@H](N=C(c1ccccc1)c1ccccc1[N-]C(=O)[C@@H]1CCCN1Cc1ccccc1)C(=O)O.O=C(c1ccccc1)c1ccccc1NC(=O)[C@@H]1CCCN1Cc1ccccc1.O=[N+]([O-])O.O=[N+]([O-])O.[Ni+2].[Ni]. The molecule has 80 heavy (non-hydrogen) atoms. The minimum absolute atomic E-state index is 0. The van der Waals surface area contributed by atoms with Crippen molar-refractivity contribution in [1.29, 1.82) is 0 Å². The van der Waals surface area contributed by atoms with Crippen LogP contribution in [0, 0.1) is 20.2 Å². The van der Waals surface area contributed by atoms with Gasteiger partial charge in [-0.05, 0) is 81.4 Å². The Morgan fingerprint density at radius 3 is 1.49 bits per heavy atom. The fourth-order valence-electron chi connectivity index (χ4n) is 8.10. The van der Waals surface area contributed by atoms with Gasteiger partial charge in [-0.15, -0.1) is 25.9 Å². The number of carboxylic acids is 2. The number of ketones is 1. The van der Waals surface area contributed by atoms with E-state index in [4.69, 9.17) is 41.5 Å². The van der Waals surface area contributed by atoms with Crippen molar-refractivity contribution >= 4 is 46.6 Å². The first kappa shape index (κ1) is 69.8. The molecular formula is C57H65N8Ni2O13+. The maximum absolute atomic E-state index is 13.3. The zero-order chi connectivity index (χ0) is 56.3. The van der Waals surface area contributed by atoms with Crippen molar-refractivity contribution in [3.05, 3.63) is 229 Å². The van der Waals surface area contributed by atoms with Crippen molar-refractivity contribution in [1.82, 2.24) is 9.80 Å². The average molecular weight is 1190 g/mol. The Kier molecular flexibility index (Phi) is 32.1. The first-order chi connectivity index (χ1) is 36.9. The summed E-state index contributed by atoms with van der Waals surface area (Å²) in [6.45, 7) is 6.18. The predicted molar refractivity (Wildman–Crippen MR) is 294 cm³/mol. The Bertz CT molecular complexity index is 2890. The zero-order valence-electron chi connectivity index (χ0n) is 43.0. The van der Waals surface area contributed by atoms with Crippen LogP contribution in [0.1, 0.15) is 85.1 Å². The molecule has 8 rings (SSSR count). The molecule has 0 aliphatic carbocycles. The summed E-state index contributed by atoms with van der Waals surface area (Å²) in [5.41, 5.74) is 11.3. The molecule has 0 spiro atoms. The van der Waals surface area contributed by atoms with Crippen LogP contribution in [0.5, 0.6) is 0 Å². The van der Waals surface area contributed by atoms with E-state index in [2.05, 4.69) is 49.7 Å². The third-order valence-corrected chi connectivity index (χ3v) is 11.7. The second kappa shape index (κ2) is 36.8. The quantitative estimate of drug-likeness (QED) is 0.0183. The summed E-state index contributed by atoms with van der Waals surface area (Å²) < 4.78 is 0. The molecule has 0 aromatic heterocycles. The summed E-state index contributed by atoms with van der Waals surface area (Å²) >= 11 is 0. The van der Waals surface area contributed by atoms with Gasteiger partial charge in [0.05, 0.1) is 29.4 Å². The van der Waals surface area contributed by atoms with E-state index in [0.29, 0.717) is 40.3 Å². The molecule has 2 saturated heterocycles. The molecule has 7 N–H and O–H groups in total. The van der Waals surface area contributed by atoms with E-state index in [1.54, 1.807) is 30.3 Å². The van der Waals surface area contributed by atoms with Gasteiger partial charge in [-0.2, -0.15) is 0 Å². The van der Waals surface area contributed by atoms with Gasteiger partial charge in [0.2, 0.25) is 5.91 Å². The van der Waals surface area contributed by atoms with Gasteiger partial charge < -0.3 is 41.8 Å². The minimum Gasteiger partial charge on any atom is -0.625 e. The Hall–Kier alpha value is -8.19. The molecule has 2 aliphatic rings. The fraction of sp³-hybridized carbons (Fsp3) is 0.263. The number of hydrogen-bond acceptors (Lipinski definition) is 13. The van der Waals surface area contributed by atoms with Crippen LogP contribution in [0.2, 0.25) is 0 Å². The predicted octanol–water partition coefficient (Wildman–Crippen LogP) is 9.07. The molecule has 6 aromatic carbocycles. The van der Waals surface area contributed by atoms with Crippen LogP contribution in [-0.4, -0.2) is 113 Å². The maximum atomic E-state index is 13.3. The number of carboxylic acid groups (broad SMARTS) is 2. The Balaban J connectivity index is 0.000000631. The normalized spacial score (nSPS) is 15.0. The van der Waals surface area contributed by atoms with Gasteiger partial charge in [-0.1, -0.05) is 165 Å². The van der Waals surface area contributed by atoms with Crippen LogP contribution < -0.4 is 11.1 Å². The third-order valence-electron chi connectivity index (χ3n) is 11.7. The number of likely N-dealkylation sites (tertiary alicyclic amines) is 2. The Labute approximate surface area is 484 Å². The van der Waals surface area contributed by atoms with E-state index in [1.807, 2.05) is 115 Å². The molecule has 0 radical (unpaired) electrons. The van der Waals surface area contributed by atoms with Crippen LogP contribution in [0.15, 0.2) is 175 Å². The number of nitrogens with zero attached hydrogens (tertiary/aromatic N) is 6. The van der Waals surface area contributed by atoms with Crippen molar-refractivity contribution < 1.29 is 87.8 Å². The summed E-state index contributed by atoms with van der Waals surface area (Å²) in [4.78, 5) is 86.0. The number of nitrogens with one attached hydrogen (secondary N) is 1. The van der Waals surface area contributed by atoms with E-state index < -0.39 is 34.2 Å². The first-order valence-electron chi connectivity index (χ1n) is 24.3. The molecule has 2 amide bonds. The van der Waals surface area contributed by atoms with Gasteiger partial charge in [-0.25, -0.2) is 4.79 Å². The number of carbonyl (C=O) groups is 5. The number of aliphatic carboxylic acids is 2. The Morgan fingerprint density at radius 1 is 0.637 bits per heavy atom. The van der Waals surface area contributed by atoms with Crippen molar-refractivity contribution in [2.75, 3.05) is 18.4 Å². The molecule has 430 valence electrons. The van der Waals surface area contributed by atoms with E-state index in [0.717, 1.165) is 50.9 Å². The smallest absolute Gasteiger partial charge is 0.625 e. The first-order valence-corrected chi connectivity index (χ1v) is 24.3. The van der Waals surface area contributed by atoms with Crippen molar-refractivity contribution in [2.45, 2.75) is 84.2 Å². The number of para-hydroxylation sites is 2. The second-order valence-corrected chi connectivity index (χ2v) is 17.4.